The number of carbonyl (C=O) groups is 1. The zero-order chi connectivity index (χ0) is 11.5. The van der Waals surface area contributed by atoms with Crippen LogP contribution in [-0.4, -0.2) is 17.4 Å². The van der Waals surface area contributed by atoms with Gasteiger partial charge in [0, 0.05) is 12.0 Å². The van der Waals surface area contributed by atoms with Crippen LogP contribution in [0.1, 0.15) is 23.5 Å². The first-order valence-electron chi connectivity index (χ1n) is 4.55. The van der Waals surface area contributed by atoms with Gasteiger partial charge in [-0.25, -0.2) is 0 Å². The van der Waals surface area contributed by atoms with Crippen LogP contribution in [0.5, 0.6) is 0 Å². The zero-order valence-corrected chi connectivity index (χ0v) is 10.4. The van der Waals surface area contributed by atoms with Crippen LogP contribution in [0.3, 0.4) is 0 Å². The molecule has 1 amide bonds. The van der Waals surface area contributed by atoms with Crippen molar-refractivity contribution in [2.75, 3.05) is 6.54 Å². The second-order valence-corrected chi connectivity index (χ2v) is 5.30. The largest absolute Gasteiger partial charge is 0.393 e. The summed E-state index contributed by atoms with van der Waals surface area (Å²) < 4.78 is 0. The minimum Gasteiger partial charge on any atom is -0.393 e. The third-order valence-electron chi connectivity index (χ3n) is 2.10. The summed E-state index contributed by atoms with van der Waals surface area (Å²) in [4.78, 5) is 12.7. The topological polar surface area (TPSA) is 55.1 Å². The van der Waals surface area contributed by atoms with E-state index < -0.39 is 0 Å². The first kappa shape index (κ1) is 12.1. The van der Waals surface area contributed by atoms with Gasteiger partial charge in [0.1, 0.15) is 0 Å². The Morgan fingerprint density at radius 1 is 1.67 bits per heavy atom. The molecule has 0 saturated heterocycles. The highest BCUT2D eigenvalue weighted by molar-refractivity contribution is 7.80. The summed E-state index contributed by atoms with van der Waals surface area (Å²) in [6, 6.07) is 3.63. The highest BCUT2D eigenvalue weighted by Gasteiger charge is 2.22. The first-order chi connectivity index (χ1) is 6.93. The number of thiocarbonyl (C=S) groups is 1. The number of nitrogens with one attached hydrogen (secondary N) is 1. The van der Waals surface area contributed by atoms with Gasteiger partial charge in [0.2, 0.25) is 0 Å². The highest BCUT2D eigenvalue weighted by Crippen LogP contribution is 2.14. The third kappa shape index (κ3) is 3.28. The Kier molecular flexibility index (Phi) is 3.82. The molecule has 0 radical (unpaired) electrons. The molecular formula is C10H14N2OS2. The second-order valence-electron chi connectivity index (χ2n) is 3.91. The standard InChI is InChI=1S/C10H14N2OS2/c1-10(2,9(11)14)6-12-8(13)7-4-3-5-15-7/h3-5H,6H2,1-2H3,(H2,11,14)(H,12,13). The normalized spacial score (nSPS) is 11.1. The lowest BCUT2D eigenvalue weighted by molar-refractivity contribution is 0.0949. The fourth-order valence-electron chi connectivity index (χ4n) is 0.883. The minimum absolute atomic E-state index is 0.0747. The van der Waals surface area contributed by atoms with Gasteiger partial charge in [0.25, 0.3) is 5.91 Å². The quantitative estimate of drug-likeness (QED) is 0.791. The van der Waals surface area contributed by atoms with Crippen molar-refractivity contribution >= 4 is 34.5 Å². The van der Waals surface area contributed by atoms with E-state index in [4.69, 9.17) is 18.0 Å². The molecule has 1 rings (SSSR count). The van der Waals surface area contributed by atoms with Gasteiger partial charge in [-0.3, -0.25) is 4.79 Å². The van der Waals surface area contributed by atoms with E-state index in [2.05, 4.69) is 5.32 Å². The van der Waals surface area contributed by atoms with Crippen LogP contribution in [0.4, 0.5) is 0 Å². The third-order valence-corrected chi connectivity index (χ3v) is 3.52. The lowest BCUT2D eigenvalue weighted by Crippen LogP contribution is -2.41. The molecule has 3 nitrogen and oxygen atoms in total. The Labute approximate surface area is 98.7 Å². The van der Waals surface area contributed by atoms with E-state index in [0.29, 0.717) is 16.4 Å². The van der Waals surface area contributed by atoms with Crippen LogP contribution >= 0.6 is 23.6 Å². The number of rotatable bonds is 4. The van der Waals surface area contributed by atoms with Gasteiger partial charge in [0.05, 0.1) is 9.87 Å². The first-order valence-corrected chi connectivity index (χ1v) is 5.84. The van der Waals surface area contributed by atoms with Crippen LogP contribution in [0.25, 0.3) is 0 Å². The average molecular weight is 242 g/mol. The molecule has 0 aromatic carbocycles. The zero-order valence-electron chi connectivity index (χ0n) is 8.74. The highest BCUT2D eigenvalue weighted by atomic mass is 32.1. The Balaban J connectivity index is 2.51. The second kappa shape index (κ2) is 4.72. The van der Waals surface area contributed by atoms with Crippen molar-refractivity contribution < 1.29 is 4.79 Å². The summed E-state index contributed by atoms with van der Waals surface area (Å²) in [5.74, 6) is -0.0747. The van der Waals surface area contributed by atoms with Crippen LogP contribution < -0.4 is 11.1 Å². The molecular weight excluding hydrogens is 228 g/mol. The van der Waals surface area contributed by atoms with Gasteiger partial charge in [-0.1, -0.05) is 32.1 Å². The van der Waals surface area contributed by atoms with Crippen molar-refractivity contribution in [3.05, 3.63) is 22.4 Å². The van der Waals surface area contributed by atoms with E-state index in [-0.39, 0.29) is 11.3 Å². The fourth-order valence-corrected chi connectivity index (χ4v) is 1.60. The Hall–Kier alpha value is -0.940. The summed E-state index contributed by atoms with van der Waals surface area (Å²) in [6.45, 7) is 4.27. The molecule has 82 valence electrons. The number of amides is 1. The molecule has 1 aromatic rings. The monoisotopic (exact) mass is 242 g/mol. The predicted molar refractivity (Wildman–Crippen MR) is 67.2 cm³/mol. The lowest BCUT2D eigenvalue weighted by atomic mass is 9.94. The van der Waals surface area contributed by atoms with Gasteiger partial charge in [0.15, 0.2) is 0 Å². The molecule has 0 saturated carbocycles. The van der Waals surface area contributed by atoms with Crippen LogP contribution in [0.2, 0.25) is 0 Å². The predicted octanol–water partition coefficient (Wildman–Crippen LogP) is 1.79. The smallest absolute Gasteiger partial charge is 0.261 e. The average Bonchev–Trinajstić information content (AvgIpc) is 2.66. The molecule has 0 bridgehead atoms. The van der Waals surface area contributed by atoms with Crippen molar-refractivity contribution in [1.29, 1.82) is 0 Å². The van der Waals surface area contributed by atoms with Crippen LogP contribution in [0, 0.1) is 5.41 Å². The number of nitrogens with two attached hydrogens (primary N) is 1. The van der Waals surface area contributed by atoms with Gasteiger partial charge >= 0.3 is 0 Å². The summed E-state index contributed by atoms with van der Waals surface area (Å²) in [6.07, 6.45) is 0. The van der Waals surface area contributed by atoms with E-state index >= 15 is 0 Å². The van der Waals surface area contributed by atoms with Crippen LogP contribution in [-0.2, 0) is 0 Å². The van der Waals surface area contributed by atoms with Crippen molar-refractivity contribution in [1.82, 2.24) is 5.32 Å². The summed E-state index contributed by atoms with van der Waals surface area (Å²) in [5, 5.41) is 4.68. The lowest BCUT2D eigenvalue weighted by Gasteiger charge is -2.23. The Bertz CT molecular complexity index is 358. The molecule has 3 N–H and O–H groups in total. The van der Waals surface area contributed by atoms with Gasteiger partial charge in [-0.15, -0.1) is 11.3 Å². The molecule has 0 aliphatic carbocycles. The fraction of sp³-hybridized carbons (Fsp3) is 0.400. The van der Waals surface area contributed by atoms with E-state index in [0.717, 1.165) is 0 Å². The number of hydrogen-bond donors (Lipinski definition) is 2. The molecule has 15 heavy (non-hydrogen) atoms. The minimum atomic E-state index is -0.345. The maximum Gasteiger partial charge on any atom is 0.261 e. The van der Waals surface area contributed by atoms with E-state index in [1.165, 1.54) is 11.3 Å². The number of hydrogen-bond acceptors (Lipinski definition) is 3. The van der Waals surface area contributed by atoms with Crippen molar-refractivity contribution in [3.63, 3.8) is 0 Å². The van der Waals surface area contributed by atoms with Gasteiger partial charge in [-0.2, -0.15) is 0 Å². The molecule has 1 heterocycles. The number of carbonyl (C=O) groups excluding carboxylic acids is 1. The summed E-state index contributed by atoms with van der Waals surface area (Å²) >= 11 is 6.33. The molecule has 0 atom stereocenters. The molecule has 0 fully saturated rings. The molecule has 0 aliphatic heterocycles. The van der Waals surface area contributed by atoms with E-state index in [1.54, 1.807) is 6.07 Å². The van der Waals surface area contributed by atoms with Crippen molar-refractivity contribution in [2.24, 2.45) is 11.1 Å². The van der Waals surface area contributed by atoms with E-state index in [9.17, 15) is 4.79 Å². The SMILES string of the molecule is CC(C)(CNC(=O)c1cccs1)C(N)=S. The maximum absolute atomic E-state index is 11.6. The van der Waals surface area contributed by atoms with Crippen molar-refractivity contribution in [2.45, 2.75) is 13.8 Å². The molecule has 0 spiro atoms. The molecule has 0 aliphatic rings. The Morgan fingerprint density at radius 2 is 2.33 bits per heavy atom. The van der Waals surface area contributed by atoms with Gasteiger partial charge in [-0.05, 0) is 11.4 Å². The summed E-state index contributed by atoms with van der Waals surface area (Å²) in [5.41, 5.74) is 5.21. The molecule has 0 unspecified atom stereocenters. The maximum atomic E-state index is 11.6. The molecule has 1 aromatic heterocycles. The Morgan fingerprint density at radius 3 is 2.80 bits per heavy atom. The summed E-state index contributed by atoms with van der Waals surface area (Å²) in [7, 11) is 0. The van der Waals surface area contributed by atoms with Crippen molar-refractivity contribution in [3.8, 4) is 0 Å². The molecule has 5 heteroatoms. The number of thiophene rings is 1. The van der Waals surface area contributed by atoms with E-state index in [1.807, 2.05) is 25.3 Å². The van der Waals surface area contributed by atoms with Crippen LogP contribution in [0.15, 0.2) is 17.5 Å². The van der Waals surface area contributed by atoms with Gasteiger partial charge < -0.3 is 11.1 Å².